The fourth-order valence-electron chi connectivity index (χ4n) is 7.76. The van der Waals surface area contributed by atoms with Crippen LogP contribution in [0.25, 0.3) is 0 Å². The van der Waals surface area contributed by atoms with Crippen LogP contribution in [0.4, 0.5) is 0 Å². The number of hydrogen-bond acceptors (Lipinski definition) is 11. The lowest BCUT2D eigenvalue weighted by molar-refractivity contribution is -0.193. The molecular formula is C41H49N3O10. The van der Waals surface area contributed by atoms with Gasteiger partial charge in [0.15, 0.2) is 23.7 Å². The summed E-state index contributed by atoms with van der Waals surface area (Å²) in [6.07, 6.45) is -0.715. The first-order valence-corrected chi connectivity index (χ1v) is 18.0. The predicted molar refractivity (Wildman–Crippen MR) is 198 cm³/mol. The Balaban J connectivity index is 1.37. The number of carbonyl (C=O) groups excluding carboxylic acids is 4. The van der Waals surface area contributed by atoms with E-state index in [2.05, 4.69) is 15.5 Å². The number of carbonyl (C=O) groups is 4. The minimum absolute atomic E-state index is 0.0677. The van der Waals surface area contributed by atoms with E-state index in [1.807, 2.05) is 20.9 Å². The Labute approximate surface area is 314 Å². The molecule has 1 aliphatic heterocycles. The number of nitrogens with one attached hydrogen (secondary N) is 2. The molecule has 1 saturated heterocycles. The second-order valence-corrected chi connectivity index (χ2v) is 13.9. The number of aryl methyl sites for hydroxylation is 1. The molecule has 3 aromatic rings. The molecule has 2 aliphatic rings. The zero-order valence-electron chi connectivity index (χ0n) is 31.0. The van der Waals surface area contributed by atoms with E-state index in [1.54, 1.807) is 72.8 Å². The van der Waals surface area contributed by atoms with E-state index < -0.39 is 47.0 Å². The van der Waals surface area contributed by atoms with Crippen LogP contribution in [-0.2, 0) is 34.1 Å². The van der Waals surface area contributed by atoms with Gasteiger partial charge in [-0.25, -0.2) is 0 Å². The molecule has 5 atom stereocenters. The van der Waals surface area contributed by atoms with Gasteiger partial charge in [0.25, 0.3) is 11.8 Å². The molecule has 288 valence electrons. The van der Waals surface area contributed by atoms with Gasteiger partial charge in [0.1, 0.15) is 11.4 Å². The van der Waals surface area contributed by atoms with Crippen LogP contribution in [-0.4, -0.2) is 89.4 Å². The maximum Gasteiger partial charge on any atom is 0.312 e. The van der Waals surface area contributed by atoms with Crippen LogP contribution in [0, 0.1) is 6.92 Å². The Morgan fingerprint density at radius 1 is 0.870 bits per heavy atom. The molecule has 1 fully saturated rings. The number of phenols is 1. The summed E-state index contributed by atoms with van der Waals surface area (Å²) < 4.78 is 18.3. The minimum atomic E-state index is -1.40. The van der Waals surface area contributed by atoms with Crippen molar-refractivity contribution in [3.05, 3.63) is 107 Å². The van der Waals surface area contributed by atoms with Crippen LogP contribution in [0.3, 0.4) is 0 Å². The van der Waals surface area contributed by atoms with Crippen molar-refractivity contribution in [1.82, 2.24) is 15.5 Å². The molecule has 0 bridgehead atoms. The highest BCUT2D eigenvalue weighted by molar-refractivity contribution is 5.83. The molecule has 0 aromatic heterocycles. The van der Waals surface area contributed by atoms with Crippen LogP contribution < -0.4 is 15.4 Å². The summed E-state index contributed by atoms with van der Waals surface area (Å²) >= 11 is 0. The van der Waals surface area contributed by atoms with Crippen molar-refractivity contribution in [3.63, 3.8) is 0 Å². The lowest BCUT2D eigenvalue weighted by atomic mass is 9.54. The van der Waals surface area contributed by atoms with Gasteiger partial charge in [0.05, 0.1) is 20.0 Å². The summed E-state index contributed by atoms with van der Waals surface area (Å²) in [5.74, 6) is -2.02. The molecule has 54 heavy (non-hydrogen) atoms. The smallest absolute Gasteiger partial charge is 0.312 e. The van der Waals surface area contributed by atoms with Crippen molar-refractivity contribution in [1.29, 1.82) is 0 Å². The number of benzene rings is 3. The number of nitrogens with zero attached hydrogens (tertiary/aromatic N) is 1. The number of methoxy groups -OCH3 is 1. The molecule has 1 aliphatic carbocycles. The van der Waals surface area contributed by atoms with Crippen LogP contribution in [0.1, 0.15) is 73.5 Å². The number of rotatable bonds is 14. The number of hydrogen-bond donors (Lipinski definition) is 5. The normalized spacial score (nSPS) is 22.1. The number of ether oxygens (including phenoxy) is 3. The maximum absolute atomic E-state index is 13.8. The van der Waals surface area contributed by atoms with E-state index in [0.29, 0.717) is 35.4 Å². The molecule has 5 rings (SSSR count). The Kier molecular flexibility index (Phi) is 12.8. The summed E-state index contributed by atoms with van der Waals surface area (Å²) in [7, 11) is 3.39. The third kappa shape index (κ3) is 8.28. The van der Waals surface area contributed by atoms with Gasteiger partial charge in [-0.15, -0.1) is 0 Å². The predicted octanol–water partition coefficient (Wildman–Crippen LogP) is 3.65. The number of allylic oxidation sites excluding steroid dienone is 1. The third-order valence-electron chi connectivity index (χ3n) is 10.7. The number of likely N-dealkylation sites (N-methyl/N-ethyl adjacent to an activating group) is 1. The number of aromatic hydroxyl groups is 1. The second-order valence-electron chi connectivity index (χ2n) is 13.9. The van der Waals surface area contributed by atoms with Crippen molar-refractivity contribution >= 4 is 23.8 Å². The number of fused-ring (bicyclic) bond motifs is 1. The van der Waals surface area contributed by atoms with E-state index in [-0.39, 0.29) is 56.3 Å². The fraction of sp³-hybridized carbons (Fsp3) is 0.415. The SMILES string of the molecule is COc1c(O)ccc(C)c1[C@]12CCN(C)[C@H](C)[C@]1(OC(=O)CCNC(=O)[C@@H](O)c1ccccc1)CC=C(OC(=O)CCNC(=O)[C@@H](O)c1ccccc1)C2. The van der Waals surface area contributed by atoms with Crippen LogP contribution in [0.2, 0.25) is 0 Å². The van der Waals surface area contributed by atoms with Gasteiger partial charge < -0.3 is 40.2 Å². The van der Waals surface area contributed by atoms with E-state index in [9.17, 15) is 34.5 Å². The number of piperidine rings is 1. The van der Waals surface area contributed by atoms with Gasteiger partial charge in [-0.05, 0) is 62.7 Å². The monoisotopic (exact) mass is 743 g/mol. The first-order valence-electron chi connectivity index (χ1n) is 18.0. The van der Waals surface area contributed by atoms with Gasteiger partial charge >= 0.3 is 11.9 Å². The van der Waals surface area contributed by atoms with Gasteiger partial charge in [-0.1, -0.05) is 66.7 Å². The Hall–Kier alpha value is -5.24. The zero-order valence-corrected chi connectivity index (χ0v) is 31.0. The van der Waals surface area contributed by atoms with Crippen LogP contribution in [0.5, 0.6) is 11.5 Å². The maximum atomic E-state index is 13.8. The summed E-state index contributed by atoms with van der Waals surface area (Å²) in [6.45, 7) is 4.26. The molecule has 0 saturated carbocycles. The highest BCUT2D eigenvalue weighted by Gasteiger charge is 2.64. The molecule has 5 N–H and O–H groups in total. The number of aliphatic hydroxyl groups excluding tert-OH is 2. The molecule has 0 spiro atoms. The minimum Gasteiger partial charge on any atom is -0.504 e. The molecule has 3 aromatic carbocycles. The van der Waals surface area contributed by atoms with E-state index in [1.165, 1.54) is 13.2 Å². The van der Waals surface area contributed by atoms with Gasteiger partial charge in [0.2, 0.25) is 0 Å². The molecule has 1 heterocycles. The van der Waals surface area contributed by atoms with E-state index in [4.69, 9.17) is 14.2 Å². The van der Waals surface area contributed by atoms with Crippen LogP contribution in [0.15, 0.2) is 84.6 Å². The molecule has 2 amide bonds. The number of aliphatic hydroxyl groups is 2. The van der Waals surface area contributed by atoms with Gasteiger partial charge in [-0.2, -0.15) is 0 Å². The topological polar surface area (TPSA) is 184 Å². The lowest BCUT2D eigenvalue weighted by Crippen LogP contribution is -2.69. The summed E-state index contributed by atoms with van der Waals surface area (Å²) in [4.78, 5) is 54.3. The van der Waals surface area contributed by atoms with E-state index >= 15 is 0 Å². The fourth-order valence-corrected chi connectivity index (χ4v) is 7.76. The quantitative estimate of drug-likeness (QED) is 0.152. The van der Waals surface area contributed by atoms with E-state index in [0.717, 1.165) is 5.56 Å². The highest BCUT2D eigenvalue weighted by atomic mass is 16.6. The second kappa shape index (κ2) is 17.3. The summed E-state index contributed by atoms with van der Waals surface area (Å²) in [5.41, 5.74) is -0.0389. The number of esters is 2. The molecule has 13 heteroatoms. The van der Waals surface area contributed by atoms with Crippen molar-refractivity contribution in [3.8, 4) is 11.5 Å². The number of likely N-dealkylation sites (tertiary alicyclic amines) is 1. The number of amides is 2. The number of phenolic OH excluding ortho intramolecular Hbond substituents is 1. The standard InChI is InChI=1S/C41H49N3O10/c1-26-15-16-31(45)37(52-4)34(26)40-21-24-44(3)27(2)41(40,54-33(47)19-23-43-39(51)36(49)29-13-9-6-10-14-29)20-17-30(25-40)53-32(46)18-22-42-38(50)35(48)28-11-7-5-8-12-28/h5-17,27,35-36,45,48-49H,18-25H2,1-4H3,(H,42,50)(H,43,51)/t27-,35+,36+,40-,41-/m1/s1. The van der Waals surface area contributed by atoms with Crippen molar-refractivity contribution in [2.24, 2.45) is 0 Å². The average Bonchev–Trinajstić information content (AvgIpc) is 3.17. The molecule has 0 radical (unpaired) electrons. The van der Waals surface area contributed by atoms with Gasteiger partial charge in [0, 0.05) is 43.0 Å². The van der Waals surface area contributed by atoms with Crippen molar-refractivity contribution < 1.29 is 48.7 Å². The van der Waals surface area contributed by atoms with Crippen molar-refractivity contribution in [2.75, 3.05) is 33.8 Å². The Morgan fingerprint density at radius 3 is 1.98 bits per heavy atom. The first-order chi connectivity index (χ1) is 25.8. The molecule has 13 nitrogen and oxygen atoms in total. The lowest BCUT2D eigenvalue weighted by Gasteiger charge is -2.60. The largest absolute Gasteiger partial charge is 0.504 e. The van der Waals surface area contributed by atoms with Crippen molar-refractivity contribution in [2.45, 2.75) is 75.2 Å². The Bertz CT molecular complexity index is 1850. The molecular weight excluding hydrogens is 694 g/mol. The van der Waals surface area contributed by atoms with Gasteiger partial charge in [-0.3, -0.25) is 24.1 Å². The average molecular weight is 744 g/mol. The molecule has 0 unspecified atom stereocenters. The summed E-state index contributed by atoms with van der Waals surface area (Å²) in [6, 6.07) is 19.9. The zero-order chi connectivity index (χ0) is 39.0. The highest BCUT2D eigenvalue weighted by Crippen LogP contribution is 2.59. The first kappa shape index (κ1) is 40.0. The third-order valence-corrected chi connectivity index (χ3v) is 10.7. The summed E-state index contributed by atoms with van der Waals surface area (Å²) in [5, 5.41) is 37.1. The Morgan fingerprint density at radius 2 is 1.43 bits per heavy atom. The van der Waals surface area contributed by atoms with Crippen LogP contribution >= 0.6 is 0 Å².